The van der Waals surface area contributed by atoms with Gasteiger partial charge in [-0.3, -0.25) is 10.1 Å². The summed E-state index contributed by atoms with van der Waals surface area (Å²) in [4.78, 5) is 10.5. The minimum Gasteiger partial charge on any atom is -0.378 e. The number of aryl methyl sites for hydroxylation is 1. The molecule has 10 heteroatoms. The third-order valence-corrected chi connectivity index (χ3v) is 6.56. The molecule has 1 aliphatic heterocycles. The van der Waals surface area contributed by atoms with Crippen LogP contribution in [0.1, 0.15) is 30.4 Å². The fourth-order valence-corrected chi connectivity index (χ4v) is 4.68. The molecule has 1 fully saturated rings. The summed E-state index contributed by atoms with van der Waals surface area (Å²) in [7, 11) is -3.77. The van der Waals surface area contributed by atoms with Crippen molar-refractivity contribution in [3.05, 3.63) is 33.4 Å². The van der Waals surface area contributed by atoms with Gasteiger partial charge in [0.25, 0.3) is 5.69 Å². The summed E-state index contributed by atoms with van der Waals surface area (Å²) in [5, 5.41) is 11.1. The van der Waals surface area contributed by atoms with Gasteiger partial charge in [-0.05, 0) is 50.8 Å². The molecular formula is C16H26ClN3O5S. The molecule has 0 saturated carbocycles. The highest BCUT2D eigenvalue weighted by atomic mass is 35.5. The zero-order chi connectivity index (χ0) is 18.6. The number of piperidine rings is 1. The molecule has 0 aliphatic carbocycles. The Bertz CT molecular complexity index is 734. The molecule has 0 spiro atoms. The third kappa shape index (κ3) is 5.14. The van der Waals surface area contributed by atoms with Crippen molar-refractivity contribution in [3.63, 3.8) is 0 Å². The molecule has 1 saturated heterocycles. The normalized spacial score (nSPS) is 16.3. The fourth-order valence-electron chi connectivity index (χ4n) is 2.89. The minimum atomic E-state index is -3.77. The SMILES string of the molecule is Cc1cc([N+](=O)[O-])cc(S(=O)(=O)N2CCC(OCCCN)CC2)c1C.Cl. The van der Waals surface area contributed by atoms with Crippen molar-refractivity contribution >= 4 is 28.1 Å². The molecule has 26 heavy (non-hydrogen) atoms. The van der Waals surface area contributed by atoms with E-state index in [0.717, 1.165) is 12.5 Å². The minimum absolute atomic E-state index is 0. The molecular weight excluding hydrogens is 382 g/mol. The maximum absolute atomic E-state index is 12.9. The van der Waals surface area contributed by atoms with Gasteiger partial charge in [-0.2, -0.15) is 4.31 Å². The highest BCUT2D eigenvalue weighted by Crippen LogP contribution is 2.29. The number of hydrogen-bond donors (Lipinski definition) is 1. The summed E-state index contributed by atoms with van der Waals surface area (Å²) in [5.74, 6) is 0. The van der Waals surface area contributed by atoms with Gasteiger partial charge in [0.05, 0.1) is 15.9 Å². The second kappa shape index (κ2) is 9.61. The maximum atomic E-state index is 12.9. The first kappa shape index (κ1) is 22.8. The van der Waals surface area contributed by atoms with Crippen LogP contribution in [0.25, 0.3) is 0 Å². The maximum Gasteiger partial charge on any atom is 0.271 e. The molecule has 0 atom stereocenters. The van der Waals surface area contributed by atoms with Gasteiger partial charge in [-0.25, -0.2) is 8.42 Å². The van der Waals surface area contributed by atoms with Crippen LogP contribution in [0.4, 0.5) is 5.69 Å². The lowest BCUT2D eigenvalue weighted by Crippen LogP contribution is -2.41. The van der Waals surface area contributed by atoms with Crippen LogP contribution in [-0.4, -0.2) is 50.0 Å². The Balaban J connectivity index is 0.00000338. The summed E-state index contributed by atoms with van der Waals surface area (Å²) in [6.07, 6.45) is 2.03. The van der Waals surface area contributed by atoms with E-state index in [4.69, 9.17) is 10.5 Å². The molecule has 0 aromatic heterocycles. The van der Waals surface area contributed by atoms with Gasteiger partial charge in [0, 0.05) is 31.8 Å². The Morgan fingerprint density at radius 2 is 1.92 bits per heavy atom. The lowest BCUT2D eigenvalue weighted by Gasteiger charge is -2.31. The highest BCUT2D eigenvalue weighted by molar-refractivity contribution is 7.89. The van der Waals surface area contributed by atoms with E-state index in [0.29, 0.717) is 50.2 Å². The van der Waals surface area contributed by atoms with Gasteiger partial charge in [-0.1, -0.05) is 0 Å². The van der Waals surface area contributed by atoms with Gasteiger partial charge in [-0.15, -0.1) is 12.4 Å². The number of sulfonamides is 1. The molecule has 1 aliphatic rings. The van der Waals surface area contributed by atoms with Crippen LogP contribution in [0.2, 0.25) is 0 Å². The van der Waals surface area contributed by atoms with Crippen LogP contribution in [0.15, 0.2) is 17.0 Å². The van der Waals surface area contributed by atoms with Crippen LogP contribution in [0.3, 0.4) is 0 Å². The van der Waals surface area contributed by atoms with Crippen molar-refractivity contribution in [2.45, 2.75) is 44.1 Å². The van der Waals surface area contributed by atoms with E-state index in [9.17, 15) is 18.5 Å². The van der Waals surface area contributed by atoms with Crippen LogP contribution in [0, 0.1) is 24.0 Å². The number of ether oxygens (including phenoxy) is 1. The van der Waals surface area contributed by atoms with Gasteiger partial charge in [0.1, 0.15) is 0 Å². The summed E-state index contributed by atoms with van der Waals surface area (Å²) in [5.41, 5.74) is 6.36. The predicted octanol–water partition coefficient (Wildman–Crippen LogP) is 2.15. The summed E-state index contributed by atoms with van der Waals surface area (Å²) in [6, 6.07) is 2.55. The number of nitrogens with zero attached hydrogens (tertiary/aromatic N) is 2. The van der Waals surface area contributed by atoms with Crippen molar-refractivity contribution < 1.29 is 18.1 Å². The Morgan fingerprint density at radius 3 is 2.46 bits per heavy atom. The van der Waals surface area contributed by atoms with Crippen molar-refractivity contribution in [1.29, 1.82) is 0 Å². The zero-order valence-corrected chi connectivity index (χ0v) is 16.6. The molecule has 2 N–H and O–H groups in total. The van der Waals surface area contributed by atoms with Gasteiger partial charge >= 0.3 is 0 Å². The van der Waals surface area contributed by atoms with E-state index >= 15 is 0 Å². The fraction of sp³-hybridized carbons (Fsp3) is 0.625. The van der Waals surface area contributed by atoms with Crippen LogP contribution >= 0.6 is 12.4 Å². The molecule has 0 bridgehead atoms. The number of benzene rings is 1. The smallest absolute Gasteiger partial charge is 0.271 e. The average molecular weight is 408 g/mol. The average Bonchev–Trinajstić information content (AvgIpc) is 2.57. The molecule has 0 radical (unpaired) electrons. The number of nitro benzene ring substituents is 1. The van der Waals surface area contributed by atoms with Crippen molar-refractivity contribution in [3.8, 4) is 0 Å². The van der Waals surface area contributed by atoms with Crippen molar-refractivity contribution in [2.24, 2.45) is 5.73 Å². The van der Waals surface area contributed by atoms with Crippen molar-refractivity contribution in [2.75, 3.05) is 26.2 Å². The Labute approximate surface area is 160 Å². The second-order valence-electron chi connectivity index (χ2n) is 6.26. The summed E-state index contributed by atoms with van der Waals surface area (Å²) >= 11 is 0. The van der Waals surface area contributed by atoms with Crippen LogP contribution in [-0.2, 0) is 14.8 Å². The number of rotatable bonds is 7. The first-order chi connectivity index (χ1) is 11.8. The molecule has 148 valence electrons. The van der Waals surface area contributed by atoms with Gasteiger partial charge in [0.2, 0.25) is 10.0 Å². The number of non-ortho nitro benzene ring substituents is 1. The Hall–Kier alpha value is -1.26. The number of hydrogen-bond acceptors (Lipinski definition) is 6. The van der Waals surface area contributed by atoms with Gasteiger partial charge < -0.3 is 10.5 Å². The number of nitro groups is 1. The predicted molar refractivity (Wildman–Crippen MR) is 101 cm³/mol. The molecule has 0 unspecified atom stereocenters. The van der Waals surface area contributed by atoms with E-state index in [2.05, 4.69) is 0 Å². The summed E-state index contributed by atoms with van der Waals surface area (Å²) < 4.78 is 33.0. The molecule has 1 aromatic carbocycles. The van der Waals surface area contributed by atoms with Gasteiger partial charge in [0.15, 0.2) is 0 Å². The number of halogens is 1. The lowest BCUT2D eigenvalue weighted by molar-refractivity contribution is -0.385. The van der Waals surface area contributed by atoms with E-state index in [1.807, 2.05) is 0 Å². The van der Waals surface area contributed by atoms with Crippen molar-refractivity contribution in [1.82, 2.24) is 4.31 Å². The number of nitrogens with two attached hydrogens (primary N) is 1. The van der Waals surface area contributed by atoms with Crippen LogP contribution < -0.4 is 5.73 Å². The first-order valence-corrected chi connectivity index (χ1v) is 9.79. The van der Waals surface area contributed by atoms with E-state index in [-0.39, 0.29) is 29.1 Å². The highest BCUT2D eigenvalue weighted by Gasteiger charge is 2.32. The Kier molecular flexibility index (Phi) is 8.42. The topological polar surface area (TPSA) is 116 Å². The quantitative estimate of drug-likeness (QED) is 0.420. The summed E-state index contributed by atoms with van der Waals surface area (Å²) in [6.45, 7) is 5.19. The van der Waals surface area contributed by atoms with E-state index in [1.54, 1.807) is 13.8 Å². The van der Waals surface area contributed by atoms with E-state index in [1.165, 1.54) is 10.4 Å². The molecule has 8 nitrogen and oxygen atoms in total. The molecule has 2 rings (SSSR count). The largest absolute Gasteiger partial charge is 0.378 e. The monoisotopic (exact) mass is 407 g/mol. The lowest BCUT2D eigenvalue weighted by atomic mass is 10.1. The standard InChI is InChI=1S/C16H25N3O5S.ClH/c1-12-10-14(19(20)21)11-16(13(12)2)25(22,23)18-7-4-15(5-8-18)24-9-3-6-17;/h10-11,15H,3-9,17H2,1-2H3;1H. The molecule has 0 amide bonds. The first-order valence-electron chi connectivity index (χ1n) is 8.35. The zero-order valence-electron chi connectivity index (χ0n) is 15.0. The Morgan fingerprint density at radius 1 is 1.31 bits per heavy atom. The second-order valence-corrected chi connectivity index (χ2v) is 8.17. The molecule has 1 heterocycles. The van der Waals surface area contributed by atoms with E-state index < -0.39 is 14.9 Å². The molecule has 1 aromatic rings. The van der Waals surface area contributed by atoms with Crippen LogP contribution in [0.5, 0.6) is 0 Å². The third-order valence-electron chi connectivity index (χ3n) is 4.54.